The van der Waals surface area contributed by atoms with E-state index in [1.165, 1.54) is 29.2 Å². The molecular weight excluding hydrogens is 392 g/mol. The molecule has 0 saturated carbocycles. The molecule has 0 spiro atoms. The molecule has 2 aromatic rings. The van der Waals surface area contributed by atoms with Crippen LogP contribution in [0.4, 0.5) is 8.78 Å². The second-order valence-electron chi connectivity index (χ2n) is 6.91. The standard InChI is InChI=1S/C20H16ClF2NO4/c21-16-5-13(22)1-2-18(16)27-9-11-7-24(8-11)20(26)15-4-12-3-14(25)10-28-19(12)6-17(15)23/h1-2,4-6,11H,3,7-10H2. The molecule has 146 valence electrons. The van der Waals surface area contributed by atoms with Gasteiger partial charge in [-0.25, -0.2) is 8.78 Å². The minimum Gasteiger partial charge on any atom is -0.492 e. The maximum absolute atomic E-state index is 14.3. The lowest BCUT2D eigenvalue weighted by Gasteiger charge is -2.39. The number of carbonyl (C=O) groups excluding carboxylic acids is 2. The molecule has 2 aromatic carbocycles. The summed E-state index contributed by atoms with van der Waals surface area (Å²) in [6, 6.07) is 6.43. The number of amides is 1. The van der Waals surface area contributed by atoms with Gasteiger partial charge in [0.05, 0.1) is 17.2 Å². The van der Waals surface area contributed by atoms with E-state index >= 15 is 0 Å². The number of nitrogens with zero attached hydrogens (tertiary/aromatic N) is 1. The number of hydrogen-bond acceptors (Lipinski definition) is 4. The molecule has 1 fully saturated rings. The molecule has 2 heterocycles. The number of ketones is 1. The van der Waals surface area contributed by atoms with Crippen LogP contribution in [0, 0.1) is 17.6 Å². The summed E-state index contributed by atoms with van der Waals surface area (Å²) in [5.41, 5.74) is 0.449. The van der Waals surface area contributed by atoms with Gasteiger partial charge in [0.1, 0.15) is 29.7 Å². The Morgan fingerprint density at radius 2 is 2.04 bits per heavy atom. The molecule has 0 N–H and O–H groups in total. The number of hydrogen-bond donors (Lipinski definition) is 0. The highest BCUT2D eigenvalue weighted by Crippen LogP contribution is 2.30. The Labute approximate surface area is 164 Å². The van der Waals surface area contributed by atoms with E-state index in [-0.39, 0.29) is 35.3 Å². The largest absolute Gasteiger partial charge is 0.492 e. The molecule has 28 heavy (non-hydrogen) atoms. The molecule has 0 radical (unpaired) electrons. The number of carbonyl (C=O) groups is 2. The van der Waals surface area contributed by atoms with Crippen LogP contribution >= 0.6 is 11.6 Å². The summed E-state index contributed by atoms with van der Waals surface area (Å²) in [5.74, 6) is -0.922. The van der Waals surface area contributed by atoms with Crippen LogP contribution in [-0.2, 0) is 11.2 Å². The number of ether oxygens (including phenoxy) is 2. The highest BCUT2D eigenvalue weighted by Gasteiger charge is 2.34. The fourth-order valence-corrected chi connectivity index (χ4v) is 3.49. The molecule has 8 heteroatoms. The third-order valence-electron chi connectivity index (χ3n) is 4.77. The van der Waals surface area contributed by atoms with Gasteiger partial charge in [-0.15, -0.1) is 0 Å². The Balaban J connectivity index is 1.36. The third-order valence-corrected chi connectivity index (χ3v) is 5.07. The van der Waals surface area contributed by atoms with Crippen LogP contribution in [-0.4, -0.2) is 42.9 Å². The highest BCUT2D eigenvalue weighted by molar-refractivity contribution is 6.32. The molecule has 2 aliphatic heterocycles. The Kier molecular flexibility index (Phi) is 4.93. The Morgan fingerprint density at radius 3 is 2.79 bits per heavy atom. The zero-order chi connectivity index (χ0) is 19.8. The van der Waals surface area contributed by atoms with Crippen molar-refractivity contribution in [1.82, 2.24) is 4.90 Å². The summed E-state index contributed by atoms with van der Waals surface area (Å²) in [5, 5.41) is 0.181. The number of likely N-dealkylation sites (tertiary alicyclic amines) is 1. The topological polar surface area (TPSA) is 55.8 Å². The SMILES string of the molecule is O=C1COc2cc(F)c(C(=O)N3CC(COc4ccc(F)cc4Cl)C3)cc2C1. The monoisotopic (exact) mass is 407 g/mol. The molecule has 0 bridgehead atoms. The van der Waals surface area contributed by atoms with Crippen LogP contribution in [0.3, 0.4) is 0 Å². The molecular formula is C20H16ClF2NO4. The molecule has 5 nitrogen and oxygen atoms in total. The lowest BCUT2D eigenvalue weighted by molar-refractivity contribution is -0.121. The lowest BCUT2D eigenvalue weighted by Crippen LogP contribution is -2.52. The average molecular weight is 408 g/mol. The number of halogens is 3. The predicted molar refractivity (Wildman–Crippen MR) is 96.9 cm³/mol. The van der Waals surface area contributed by atoms with Crippen LogP contribution < -0.4 is 9.47 Å². The van der Waals surface area contributed by atoms with Crippen molar-refractivity contribution in [3.05, 3.63) is 58.1 Å². The molecule has 0 unspecified atom stereocenters. The first-order chi connectivity index (χ1) is 13.4. The molecule has 0 aromatic heterocycles. The summed E-state index contributed by atoms with van der Waals surface area (Å²) >= 11 is 5.91. The van der Waals surface area contributed by atoms with Gasteiger partial charge in [-0.1, -0.05) is 11.6 Å². The van der Waals surface area contributed by atoms with E-state index < -0.39 is 17.5 Å². The van der Waals surface area contributed by atoms with Gasteiger partial charge in [-0.3, -0.25) is 9.59 Å². The molecule has 1 amide bonds. The number of Topliss-reactive ketones (excluding diaryl/α,β-unsaturated/α-hetero) is 1. The first kappa shape index (κ1) is 18.7. The van der Waals surface area contributed by atoms with E-state index in [0.29, 0.717) is 36.8 Å². The summed E-state index contributed by atoms with van der Waals surface area (Å²) < 4.78 is 38.1. The van der Waals surface area contributed by atoms with Crippen LogP contribution in [0.2, 0.25) is 5.02 Å². The molecule has 0 atom stereocenters. The van der Waals surface area contributed by atoms with Gasteiger partial charge < -0.3 is 14.4 Å². The van der Waals surface area contributed by atoms with E-state index in [2.05, 4.69) is 0 Å². The molecule has 1 saturated heterocycles. The van der Waals surface area contributed by atoms with Crippen LogP contribution in [0.5, 0.6) is 11.5 Å². The fraction of sp³-hybridized carbons (Fsp3) is 0.300. The Hall–Kier alpha value is -2.67. The van der Waals surface area contributed by atoms with Gasteiger partial charge in [0.25, 0.3) is 5.91 Å². The fourth-order valence-electron chi connectivity index (χ4n) is 3.27. The van der Waals surface area contributed by atoms with Crippen molar-refractivity contribution in [3.8, 4) is 11.5 Å². The Bertz CT molecular complexity index is 959. The van der Waals surface area contributed by atoms with Crippen LogP contribution in [0.1, 0.15) is 15.9 Å². The number of benzene rings is 2. The van der Waals surface area contributed by atoms with Gasteiger partial charge in [-0.2, -0.15) is 0 Å². The maximum Gasteiger partial charge on any atom is 0.256 e. The Morgan fingerprint density at radius 1 is 1.25 bits per heavy atom. The third kappa shape index (κ3) is 3.67. The average Bonchev–Trinajstić information content (AvgIpc) is 2.61. The zero-order valence-corrected chi connectivity index (χ0v) is 15.5. The van der Waals surface area contributed by atoms with Gasteiger partial charge in [0, 0.05) is 37.1 Å². The van der Waals surface area contributed by atoms with Crippen molar-refractivity contribution in [1.29, 1.82) is 0 Å². The van der Waals surface area contributed by atoms with Gasteiger partial charge in [0.2, 0.25) is 0 Å². The van der Waals surface area contributed by atoms with E-state index in [9.17, 15) is 18.4 Å². The van der Waals surface area contributed by atoms with Gasteiger partial charge in [-0.05, 0) is 24.3 Å². The number of rotatable bonds is 4. The summed E-state index contributed by atoms with van der Waals surface area (Å²) in [4.78, 5) is 25.6. The smallest absolute Gasteiger partial charge is 0.256 e. The highest BCUT2D eigenvalue weighted by atomic mass is 35.5. The molecule has 4 rings (SSSR count). The molecule has 2 aliphatic rings. The van der Waals surface area contributed by atoms with Crippen molar-refractivity contribution in [2.24, 2.45) is 5.92 Å². The summed E-state index contributed by atoms with van der Waals surface area (Å²) in [6.45, 7) is 1.04. The zero-order valence-electron chi connectivity index (χ0n) is 14.7. The second-order valence-corrected chi connectivity index (χ2v) is 7.31. The van der Waals surface area contributed by atoms with Gasteiger partial charge in [0.15, 0.2) is 5.78 Å². The normalized spacial score (nSPS) is 16.2. The van der Waals surface area contributed by atoms with Crippen molar-refractivity contribution < 1.29 is 27.8 Å². The first-order valence-corrected chi connectivity index (χ1v) is 9.12. The van der Waals surface area contributed by atoms with E-state index in [4.69, 9.17) is 21.1 Å². The van der Waals surface area contributed by atoms with Crippen molar-refractivity contribution in [2.45, 2.75) is 6.42 Å². The van der Waals surface area contributed by atoms with Crippen molar-refractivity contribution in [2.75, 3.05) is 26.3 Å². The van der Waals surface area contributed by atoms with Crippen LogP contribution in [0.15, 0.2) is 30.3 Å². The van der Waals surface area contributed by atoms with Crippen molar-refractivity contribution >= 4 is 23.3 Å². The minimum absolute atomic E-state index is 0.0654. The number of fused-ring (bicyclic) bond motifs is 1. The summed E-state index contributed by atoms with van der Waals surface area (Å²) in [6.07, 6.45) is 0.130. The summed E-state index contributed by atoms with van der Waals surface area (Å²) in [7, 11) is 0. The minimum atomic E-state index is -0.670. The second kappa shape index (κ2) is 7.39. The van der Waals surface area contributed by atoms with E-state index in [0.717, 1.165) is 6.07 Å². The molecule has 0 aliphatic carbocycles. The predicted octanol–water partition coefficient (Wildman–Crippen LogP) is 3.27. The van der Waals surface area contributed by atoms with Gasteiger partial charge >= 0.3 is 0 Å². The maximum atomic E-state index is 14.3. The van der Waals surface area contributed by atoms with Crippen molar-refractivity contribution in [3.63, 3.8) is 0 Å². The first-order valence-electron chi connectivity index (χ1n) is 8.74. The van der Waals surface area contributed by atoms with E-state index in [1.54, 1.807) is 0 Å². The lowest BCUT2D eigenvalue weighted by atomic mass is 9.97. The quantitative estimate of drug-likeness (QED) is 0.780. The van der Waals surface area contributed by atoms with E-state index in [1.807, 2.05) is 0 Å². The van der Waals surface area contributed by atoms with Crippen LogP contribution in [0.25, 0.3) is 0 Å².